The van der Waals surface area contributed by atoms with E-state index >= 15 is 0 Å². The maximum atomic E-state index is 11.2. The number of fused-ring (bicyclic) bond motifs is 1. The Morgan fingerprint density at radius 3 is 2.78 bits per heavy atom. The molecule has 3 aromatic rings. The number of aliphatic hydroxyl groups excluding tert-OH is 1. The van der Waals surface area contributed by atoms with E-state index in [9.17, 15) is 5.11 Å². The van der Waals surface area contributed by atoms with Crippen molar-refractivity contribution < 1.29 is 9.84 Å². The molecule has 2 aliphatic heterocycles. The fraction of sp³-hybridized carbons (Fsp3) is 0.286. The Morgan fingerprint density at radius 1 is 1.19 bits per heavy atom. The van der Waals surface area contributed by atoms with Crippen LogP contribution in [-0.2, 0) is 6.42 Å². The molecule has 0 aliphatic carbocycles. The third kappa shape index (κ3) is 2.56. The van der Waals surface area contributed by atoms with Crippen LogP contribution >= 0.6 is 0 Å². The van der Waals surface area contributed by atoms with Crippen molar-refractivity contribution in [1.82, 2.24) is 10.2 Å². The summed E-state index contributed by atoms with van der Waals surface area (Å²) in [5.41, 5.74) is 5.13. The van der Waals surface area contributed by atoms with Crippen LogP contribution in [0.15, 0.2) is 54.9 Å². The molecular formula is C21H22N4O2. The normalized spacial score (nSPS) is 23.5. The molecule has 2 unspecified atom stereocenters. The predicted molar refractivity (Wildman–Crippen MR) is 105 cm³/mol. The Morgan fingerprint density at radius 2 is 2.04 bits per heavy atom. The van der Waals surface area contributed by atoms with Gasteiger partial charge in [0, 0.05) is 42.2 Å². The molecule has 5 rings (SSSR count). The number of aliphatic hydroxyl groups is 1. The molecule has 2 aromatic carbocycles. The van der Waals surface area contributed by atoms with Gasteiger partial charge in [-0.1, -0.05) is 18.2 Å². The van der Waals surface area contributed by atoms with Crippen molar-refractivity contribution in [1.29, 1.82) is 0 Å². The number of nitrogens with zero attached hydrogens (tertiary/aromatic N) is 2. The van der Waals surface area contributed by atoms with Crippen LogP contribution in [0.2, 0.25) is 0 Å². The van der Waals surface area contributed by atoms with Crippen LogP contribution in [0, 0.1) is 0 Å². The predicted octanol–water partition coefficient (Wildman–Crippen LogP) is 3.02. The molecule has 3 N–H and O–H groups in total. The molecule has 138 valence electrons. The van der Waals surface area contributed by atoms with Crippen LogP contribution in [0.3, 0.4) is 0 Å². The molecule has 1 saturated heterocycles. The molecule has 0 saturated carbocycles. The van der Waals surface area contributed by atoms with E-state index in [1.807, 2.05) is 24.5 Å². The van der Waals surface area contributed by atoms with Gasteiger partial charge in [-0.3, -0.25) is 5.10 Å². The van der Waals surface area contributed by atoms with E-state index in [-0.39, 0.29) is 5.54 Å². The molecule has 6 heteroatoms. The molecule has 6 nitrogen and oxygen atoms in total. The summed E-state index contributed by atoms with van der Waals surface area (Å²) in [5, 5.41) is 21.6. The highest BCUT2D eigenvalue weighted by atomic mass is 16.5. The second-order valence-electron chi connectivity index (χ2n) is 7.33. The van der Waals surface area contributed by atoms with E-state index < -0.39 is 6.23 Å². The lowest BCUT2D eigenvalue weighted by atomic mass is 9.92. The third-order valence-electron chi connectivity index (χ3n) is 5.83. The fourth-order valence-corrected chi connectivity index (χ4v) is 4.31. The van der Waals surface area contributed by atoms with Crippen molar-refractivity contribution in [3.63, 3.8) is 0 Å². The van der Waals surface area contributed by atoms with Gasteiger partial charge in [0.2, 0.25) is 0 Å². The van der Waals surface area contributed by atoms with Crippen molar-refractivity contribution in [3.05, 3.63) is 60.4 Å². The molecule has 2 aliphatic rings. The number of H-pyrrole nitrogens is 1. The van der Waals surface area contributed by atoms with Crippen LogP contribution in [0.5, 0.6) is 5.75 Å². The Bertz CT molecular complexity index is 955. The van der Waals surface area contributed by atoms with Crippen LogP contribution in [0.25, 0.3) is 11.1 Å². The minimum absolute atomic E-state index is 0.349. The highest BCUT2D eigenvalue weighted by Gasteiger charge is 2.50. The van der Waals surface area contributed by atoms with Crippen molar-refractivity contribution in [3.8, 4) is 16.9 Å². The summed E-state index contributed by atoms with van der Waals surface area (Å²) in [6.07, 6.45) is 4.80. The molecule has 1 spiro atoms. The Hall–Kier alpha value is -2.99. The average molecular weight is 362 g/mol. The summed E-state index contributed by atoms with van der Waals surface area (Å²) in [5.74, 6) is 0.831. The number of anilines is 2. The monoisotopic (exact) mass is 362 g/mol. The number of nitrogens with one attached hydrogen (secondary N) is 2. The zero-order chi connectivity index (χ0) is 18.4. The van der Waals surface area contributed by atoms with Gasteiger partial charge in [-0.25, -0.2) is 0 Å². The van der Waals surface area contributed by atoms with E-state index in [1.165, 1.54) is 5.56 Å². The van der Waals surface area contributed by atoms with Crippen LogP contribution in [0.1, 0.15) is 12.0 Å². The maximum Gasteiger partial charge on any atom is 0.150 e. The lowest BCUT2D eigenvalue weighted by Gasteiger charge is -2.32. The summed E-state index contributed by atoms with van der Waals surface area (Å²) in [7, 11) is 1.67. The standard InChI is InChI=1S/C21H22N4O2/c1-27-18-7-4-15-11-21(24-19(15)10-18)8-9-25(20(21)26)17-5-2-14(3-6-17)16-12-22-23-13-16/h2-7,10,12-13,20,24,26H,8-9,11H2,1H3,(H,22,23). The van der Waals surface area contributed by atoms with Crippen LogP contribution in [-0.4, -0.2) is 40.7 Å². The lowest BCUT2D eigenvalue weighted by Crippen LogP contribution is -2.49. The second kappa shape index (κ2) is 6.03. The Labute approximate surface area is 157 Å². The van der Waals surface area contributed by atoms with E-state index in [2.05, 4.69) is 50.7 Å². The molecule has 0 bridgehead atoms. The van der Waals surface area contributed by atoms with Gasteiger partial charge in [0.15, 0.2) is 6.23 Å². The Kier molecular flexibility index (Phi) is 3.62. The number of aromatic nitrogens is 2. The highest BCUT2D eigenvalue weighted by molar-refractivity contribution is 5.67. The number of aromatic amines is 1. The molecule has 1 fully saturated rings. The zero-order valence-electron chi connectivity index (χ0n) is 15.1. The quantitative estimate of drug-likeness (QED) is 0.668. The van der Waals surface area contributed by atoms with Crippen molar-refractivity contribution in [2.24, 2.45) is 0 Å². The zero-order valence-corrected chi connectivity index (χ0v) is 15.1. The average Bonchev–Trinajstić information content (AvgIpc) is 3.42. The molecule has 1 aromatic heterocycles. The van der Waals surface area contributed by atoms with Crippen molar-refractivity contribution in [2.45, 2.75) is 24.6 Å². The molecule has 0 radical (unpaired) electrons. The summed E-state index contributed by atoms with van der Waals surface area (Å²) in [6.45, 7) is 0.810. The third-order valence-corrected chi connectivity index (χ3v) is 5.83. The summed E-state index contributed by atoms with van der Waals surface area (Å²) >= 11 is 0. The number of ether oxygens (including phenoxy) is 1. The first-order chi connectivity index (χ1) is 13.2. The van der Waals surface area contributed by atoms with Gasteiger partial charge in [-0.05, 0) is 35.7 Å². The van der Waals surface area contributed by atoms with Crippen molar-refractivity contribution in [2.75, 3.05) is 23.9 Å². The number of benzene rings is 2. The van der Waals surface area contributed by atoms with Gasteiger partial charge < -0.3 is 20.1 Å². The summed E-state index contributed by atoms with van der Waals surface area (Å²) in [4.78, 5) is 2.08. The van der Waals surface area contributed by atoms with Gasteiger partial charge in [0.25, 0.3) is 0 Å². The van der Waals surface area contributed by atoms with Gasteiger partial charge in [-0.15, -0.1) is 0 Å². The molecule has 0 amide bonds. The fourth-order valence-electron chi connectivity index (χ4n) is 4.31. The van der Waals surface area contributed by atoms with Gasteiger partial charge in [0.05, 0.1) is 18.8 Å². The Balaban J connectivity index is 1.38. The lowest BCUT2D eigenvalue weighted by molar-refractivity contribution is 0.127. The molecular weight excluding hydrogens is 340 g/mol. The van der Waals surface area contributed by atoms with Crippen LogP contribution in [0.4, 0.5) is 11.4 Å². The highest BCUT2D eigenvalue weighted by Crippen LogP contribution is 2.43. The number of rotatable bonds is 3. The first kappa shape index (κ1) is 16.2. The van der Waals surface area contributed by atoms with E-state index in [0.717, 1.165) is 47.6 Å². The van der Waals surface area contributed by atoms with Crippen molar-refractivity contribution >= 4 is 11.4 Å². The SMILES string of the molecule is COc1ccc2c(c1)NC1(CCN(c3ccc(-c4cn[nH]c4)cc3)C1O)C2. The minimum Gasteiger partial charge on any atom is -0.497 e. The number of methoxy groups -OCH3 is 1. The van der Waals surface area contributed by atoms with E-state index in [4.69, 9.17) is 4.74 Å². The molecule has 3 heterocycles. The summed E-state index contributed by atoms with van der Waals surface area (Å²) < 4.78 is 5.33. The first-order valence-corrected chi connectivity index (χ1v) is 9.18. The minimum atomic E-state index is -0.587. The molecule has 27 heavy (non-hydrogen) atoms. The smallest absolute Gasteiger partial charge is 0.150 e. The maximum absolute atomic E-state index is 11.2. The van der Waals surface area contributed by atoms with E-state index in [1.54, 1.807) is 7.11 Å². The largest absolute Gasteiger partial charge is 0.497 e. The van der Waals surface area contributed by atoms with E-state index in [0.29, 0.717) is 0 Å². The summed E-state index contributed by atoms with van der Waals surface area (Å²) in [6, 6.07) is 14.3. The van der Waals surface area contributed by atoms with Gasteiger partial charge in [0.1, 0.15) is 5.75 Å². The number of hydrogen-bond acceptors (Lipinski definition) is 5. The van der Waals surface area contributed by atoms with Gasteiger partial charge >= 0.3 is 0 Å². The first-order valence-electron chi connectivity index (χ1n) is 9.18. The number of hydrogen-bond donors (Lipinski definition) is 3. The van der Waals surface area contributed by atoms with Gasteiger partial charge in [-0.2, -0.15) is 5.10 Å². The van der Waals surface area contributed by atoms with Crippen LogP contribution < -0.4 is 15.0 Å². The topological polar surface area (TPSA) is 73.4 Å². The second-order valence-corrected chi connectivity index (χ2v) is 7.33. The molecule has 2 atom stereocenters.